The van der Waals surface area contributed by atoms with Crippen LogP contribution in [0, 0.1) is 117 Å². The summed E-state index contributed by atoms with van der Waals surface area (Å²) >= 11 is 0. The molecule has 10 heterocycles. The average molecular weight is 1250 g/mol. The normalized spacial score (nSPS) is 56.3. The molecule has 18 fully saturated rings. The number of rotatable bonds is 0. The minimum absolute atomic E-state index is 0.00541. The number of aliphatic hydroxyl groups is 2. The Kier molecular flexibility index (Phi) is 17.6. The lowest BCUT2D eigenvalue weighted by molar-refractivity contribution is -0.124. The van der Waals surface area contributed by atoms with Crippen molar-refractivity contribution in [2.45, 2.75) is 332 Å². The maximum absolute atomic E-state index is 11.6. The first-order valence-corrected chi connectivity index (χ1v) is 39.2. The van der Waals surface area contributed by atoms with Crippen LogP contribution in [0.25, 0.3) is 0 Å². The van der Waals surface area contributed by atoms with Crippen LogP contribution in [-0.2, 0) is 0 Å². The van der Waals surface area contributed by atoms with E-state index in [0.29, 0.717) is 133 Å². The molecule has 10 aliphatic heterocycles. The Balaban J connectivity index is 0.000000139. The van der Waals surface area contributed by atoms with E-state index in [1.54, 1.807) is 0 Å². The van der Waals surface area contributed by atoms with Gasteiger partial charge in [-0.15, -0.1) is 0 Å². The first-order valence-electron chi connectivity index (χ1n) is 39.2. The molecule has 0 aromatic carbocycles. The summed E-state index contributed by atoms with van der Waals surface area (Å²) in [5.74, 6) is 10.8. The molecule has 0 spiro atoms. The SMILES string of the molecule is CC(C)(C)C1C(O)C(O)CC2C3NC4NC(NC5NC(NC6NC(NC(N3)C21)C1CCCCC61)C1CCCCC51)C1CCCCC41.CC(C)(C)C1CCCC2C3NC4NC(NC5NC(NC6NC(NC(N3)C21)C1CCCCC61)C1CCCCC51)C1CCCCC41. The second kappa shape index (κ2) is 25.2. The zero-order valence-electron chi connectivity index (χ0n) is 56.5. The predicted octanol–water partition coefficient (Wildman–Crippen LogP) is 5.70. The molecule has 90 heavy (non-hydrogen) atoms. The highest BCUT2D eigenvalue weighted by atomic mass is 16.3. The van der Waals surface area contributed by atoms with Crippen LogP contribution in [0.1, 0.15) is 221 Å². The Morgan fingerprint density at radius 3 is 0.678 bits per heavy atom. The van der Waals surface area contributed by atoms with Crippen LogP contribution in [0.15, 0.2) is 0 Å². The molecule has 18 aliphatic rings. The number of aliphatic hydroxyl groups excluding tert-OH is 2. The molecule has 508 valence electrons. The Labute approximate surface area is 542 Å². The van der Waals surface area contributed by atoms with Gasteiger partial charge in [-0.2, -0.15) is 0 Å². The van der Waals surface area contributed by atoms with Crippen LogP contribution in [0.5, 0.6) is 0 Å². The minimum Gasteiger partial charge on any atom is -0.390 e. The largest absolute Gasteiger partial charge is 0.390 e. The van der Waals surface area contributed by atoms with Crippen LogP contribution >= 0.6 is 0 Å². The van der Waals surface area contributed by atoms with Gasteiger partial charge in [0.1, 0.15) is 0 Å². The van der Waals surface area contributed by atoms with Gasteiger partial charge in [0.25, 0.3) is 0 Å². The zero-order chi connectivity index (χ0) is 60.9. The summed E-state index contributed by atoms with van der Waals surface area (Å²) in [5.41, 5.74) is 0.200. The topological polar surface area (TPSA) is 233 Å². The summed E-state index contributed by atoms with van der Waals surface area (Å²) in [6.45, 7) is 14.3. The summed E-state index contributed by atoms with van der Waals surface area (Å²) in [6, 6.07) is 0. The Bertz CT molecular complexity index is 2470. The number of hydrogen-bond acceptors (Lipinski definition) is 18. The molecule has 36 atom stereocenters. The Hall–Kier alpha value is -0.720. The van der Waals surface area contributed by atoms with Gasteiger partial charge in [0.05, 0.1) is 111 Å². The molecule has 16 bridgehead atoms. The molecule has 18 rings (SSSR count). The third-order valence-corrected chi connectivity index (χ3v) is 30.1. The first kappa shape index (κ1) is 62.8. The molecule has 18 N–H and O–H groups in total. The molecule has 0 amide bonds. The molecule has 10 saturated heterocycles. The van der Waals surface area contributed by atoms with Crippen molar-refractivity contribution in [2.75, 3.05) is 0 Å². The van der Waals surface area contributed by atoms with Crippen LogP contribution in [-0.4, -0.2) is 121 Å². The second-order valence-electron chi connectivity index (χ2n) is 36.6. The molecule has 8 saturated carbocycles. The van der Waals surface area contributed by atoms with E-state index in [9.17, 15) is 10.2 Å². The summed E-state index contributed by atoms with van der Waals surface area (Å²) in [6.07, 6.45) is 40.7. The van der Waals surface area contributed by atoms with Crippen molar-refractivity contribution >= 4 is 0 Å². The van der Waals surface area contributed by atoms with Crippen molar-refractivity contribution in [3.05, 3.63) is 0 Å². The summed E-state index contributed by atoms with van der Waals surface area (Å²) in [4.78, 5) is 0. The number of nitrogens with one attached hydrogen (secondary N) is 16. The van der Waals surface area contributed by atoms with E-state index in [4.69, 9.17) is 0 Å². The Morgan fingerprint density at radius 1 is 0.222 bits per heavy atom. The van der Waals surface area contributed by atoms with E-state index in [1.165, 1.54) is 173 Å². The lowest BCUT2D eigenvalue weighted by Gasteiger charge is -2.49. The van der Waals surface area contributed by atoms with E-state index in [0.717, 1.165) is 41.4 Å². The number of fused-ring (bicyclic) bond motifs is 40. The minimum atomic E-state index is -0.709. The van der Waals surface area contributed by atoms with Gasteiger partial charge >= 0.3 is 0 Å². The lowest BCUT2D eigenvalue weighted by atomic mass is 9.60. The fourth-order valence-electron chi connectivity index (χ4n) is 26.2. The summed E-state index contributed by atoms with van der Waals surface area (Å²) in [5, 5.41) is 90.5. The monoisotopic (exact) mass is 1250 g/mol. The van der Waals surface area contributed by atoms with Gasteiger partial charge in [-0.25, -0.2) is 0 Å². The van der Waals surface area contributed by atoms with Gasteiger partial charge in [-0.05, 0) is 214 Å². The van der Waals surface area contributed by atoms with Crippen molar-refractivity contribution < 1.29 is 10.2 Å². The van der Waals surface area contributed by atoms with Crippen molar-refractivity contribution in [1.82, 2.24) is 85.1 Å². The molecule has 8 aliphatic carbocycles. The van der Waals surface area contributed by atoms with Crippen molar-refractivity contribution in [2.24, 2.45) is 117 Å². The molecule has 36 unspecified atom stereocenters. The van der Waals surface area contributed by atoms with Gasteiger partial charge in [0.15, 0.2) is 0 Å². The molecular weight excluding hydrogens is 1120 g/mol. The van der Waals surface area contributed by atoms with Gasteiger partial charge in [0.2, 0.25) is 0 Å². The first-order chi connectivity index (χ1) is 43.7. The standard InChI is InChI=1S/C36H64N8O2.C36H64N8/c1-36(2,3)26-25-23(16-24(45)27(26)46)34-42-32-20-13-7-6-12-19(20)30(40-32)38-28-17-10-4-5-11-18(17)29(37-28)39-31-21-14-8-9-15-22(21)33(41-31)43-35(25)44-34;1-36(2,3)26-18-10-17-25-27(26)35-43-33-24-16-9-8-15-23(24)31(41-33)39-29-20-12-5-4-11-19(20)28(37-29)38-30-21-13-6-7-14-22(21)32(40-30)42-34(25)44-35/h17-35,37-46H,4-16H2,1-3H3;19-35,37-44H,4-18H2,1-3H3. The predicted molar refractivity (Wildman–Crippen MR) is 354 cm³/mol. The van der Waals surface area contributed by atoms with Gasteiger partial charge in [-0.1, -0.05) is 125 Å². The second-order valence-corrected chi connectivity index (χ2v) is 36.6. The third-order valence-electron chi connectivity index (χ3n) is 30.1. The maximum Gasteiger partial charge on any atom is 0.0836 e. The molecule has 18 heteroatoms. The highest BCUT2D eigenvalue weighted by Gasteiger charge is 2.62. The molecule has 0 aromatic heterocycles. The van der Waals surface area contributed by atoms with Crippen molar-refractivity contribution in [3.8, 4) is 0 Å². The van der Waals surface area contributed by atoms with Gasteiger partial charge < -0.3 is 10.2 Å². The fraction of sp³-hybridized carbons (Fsp3) is 1.00. The van der Waals surface area contributed by atoms with Gasteiger partial charge in [0, 0.05) is 0 Å². The van der Waals surface area contributed by atoms with Gasteiger partial charge in [-0.3, -0.25) is 85.1 Å². The number of hydrogen-bond donors (Lipinski definition) is 18. The van der Waals surface area contributed by atoms with E-state index >= 15 is 0 Å². The summed E-state index contributed by atoms with van der Waals surface area (Å²) < 4.78 is 0. The molecule has 0 radical (unpaired) electrons. The molecule has 0 aromatic rings. The average Bonchev–Trinajstić information content (AvgIpc) is 1.59. The Morgan fingerprint density at radius 2 is 0.433 bits per heavy atom. The fourth-order valence-corrected chi connectivity index (χ4v) is 26.2. The van der Waals surface area contributed by atoms with E-state index in [1.807, 2.05) is 0 Å². The molecular formula is C72H128N16O2. The van der Waals surface area contributed by atoms with E-state index in [2.05, 4.69) is 127 Å². The smallest absolute Gasteiger partial charge is 0.0836 e. The van der Waals surface area contributed by atoms with Crippen molar-refractivity contribution in [3.63, 3.8) is 0 Å². The quantitative estimate of drug-likeness (QED) is 0.140. The van der Waals surface area contributed by atoms with Crippen LogP contribution < -0.4 is 85.1 Å². The zero-order valence-corrected chi connectivity index (χ0v) is 56.5. The lowest BCUT2D eigenvalue weighted by Crippen LogP contribution is -2.62. The van der Waals surface area contributed by atoms with Crippen LogP contribution in [0.2, 0.25) is 0 Å². The highest BCUT2D eigenvalue weighted by molar-refractivity contribution is 5.14. The highest BCUT2D eigenvalue weighted by Crippen LogP contribution is 2.54. The molecule has 18 nitrogen and oxygen atoms in total. The van der Waals surface area contributed by atoms with Crippen LogP contribution in [0.3, 0.4) is 0 Å². The third kappa shape index (κ3) is 11.3. The maximum atomic E-state index is 11.6. The van der Waals surface area contributed by atoms with Crippen molar-refractivity contribution in [1.29, 1.82) is 0 Å². The summed E-state index contributed by atoms with van der Waals surface area (Å²) in [7, 11) is 0. The van der Waals surface area contributed by atoms with Crippen LogP contribution in [0.4, 0.5) is 0 Å². The van der Waals surface area contributed by atoms with E-state index in [-0.39, 0.29) is 47.8 Å². The van der Waals surface area contributed by atoms with E-state index < -0.39 is 12.2 Å².